The number of carbonyl (C=O) groups is 2. The molecule has 31 heavy (non-hydrogen) atoms. The van der Waals surface area contributed by atoms with Gasteiger partial charge in [0, 0.05) is 30.8 Å². The van der Waals surface area contributed by atoms with E-state index in [0.29, 0.717) is 23.5 Å². The molecular weight excluding hydrogens is 413 g/mol. The smallest absolute Gasteiger partial charge is 0.314 e. The largest absolute Gasteiger partial charge is 0.322 e. The Morgan fingerprint density at radius 2 is 1.90 bits per heavy atom. The van der Waals surface area contributed by atoms with E-state index in [1.807, 2.05) is 6.92 Å². The number of benzene rings is 1. The van der Waals surface area contributed by atoms with Gasteiger partial charge in [-0.05, 0) is 13.8 Å². The molecule has 0 spiro atoms. The van der Waals surface area contributed by atoms with Crippen molar-refractivity contribution in [3.05, 3.63) is 41.5 Å². The second kappa shape index (κ2) is 7.61. The quantitative estimate of drug-likeness (QED) is 0.738. The molecule has 1 saturated heterocycles. The van der Waals surface area contributed by atoms with Gasteiger partial charge < -0.3 is 15.1 Å². The molecule has 3 heterocycles. The summed E-state index contributed by atoms with van der Waals surface area (Å²) in [5.74, 6) is -5.03. The monoisotopic (exact) mass is 432 g/mol. The lowest BCUT2D eigenvalue weighted by Crippen LogP contribution is -2.49. The van der Waals surface area contributed by atoms with Gasteiger partial charge in [0.1, 0.15) is 0 Å². The highest BCUT2D eigenvalue weighted by Gasteiger charge is 2.39. The molecule has 0 radical (unpaired) electrons. The Kier molecular flexibility index (Phi) is 5.08. The van der Waals surface area contributed by atoms with Gasteiger partial charge in [0.15, 0.2) is 17.5 Å². The molecule has 11 heteroatoms. The number of halogens is 3. The molecule has 3 atom stereocenters. The Bertz CT molecular complexity index is 1090. The normalized spacial score (nSPS) is 23.0. The summed E-state index contributed by atoms with van der Waals surface area (Å²) in [6.07, 6.45) is 1.67. The summed E-state index contributed by atoms with van der Waals surface area (Å²) in [6.45, 7) is 3.98. The van der Waals surface area contributed by atoms with Gasteiger partial charge in [-0.3, -0.25) is 9.48 Å². The van der Waals surface area contributed by atoms with Crippen LogP contribution >= 0.6 is 0 Å². The molecule has 162 valence electrons. The SMILES string of the molecule is C[C@H]1[C@H](C)n2ncc(N3CC(C#N)CC3=O)c2CN1C(=O)Nc1cc(F)c(F)c(F)c1. The van der Waals surface area contributed by atoms with Crippen LogP contribution in [0.1, 0.15) is 32.0 Å². The standard InChI is InChI=1S/C20H19F3N6O2/c1-10-11(2)29-17(16(7-25-29)28-8-12(6-24)3-18(28)30)9-27(10)20(31)26-13-4-14(21)19(23)15(22)5-13/h4-5,7,10-12H,3,8-9H2,1-2H3,(H,26,31)/t10-,11-,12?/m0/s1. The minimum Gasteiger partial charge on any atom is -0.314 e. The predicted octanol–water partition coefficient (Wildman–Crippen LogP) is 3.17. The lowest BCUT2D eigenvalue weighted by atomic mass is 10.1. The average molecular weight is 432 g/mol. The molecule has 3 amide bonds. The molecule has 1 aromatic carbocycles. The Balaban J connectivity index is 1.60. The van der Waals surface area contributed by atoms with Crippen LogP contribution in [0.2, 0.25) is 0 Å². The molecule has 1 aromatic heterocycles. The summed E-state index contributed by atoms with van der Waals surface area (Å²) < 4.78 is 41.9. The van der Waals surface area contributed by atoms with Crippen molar-refractivity contribution in [1.82, 2.24) is 14.7 Å². The Morgan fingerprint density at radius 3 is 2.52 bits per heavy atom. The summed E-state index contributed by atoms with van der Waals surface area (Å²) in [5.41, 5.74) is 0.925. The fraction of sp³-hybridized carbons (Fsp3) is 0.400. The number of nitrogens with zero attached hydrogens (tertiary/aromatic N) is 5. The van der Waals surface area contributed by atoms with E-state index >= 15 is 0 Å². The van der Waals surface area contributed by atoms with E-state index in [9.17, 15) is 22.8 Å². The maximum Gasteiger partial charge on any atom is 0.322 e. The van der Waals surface area contributed by atoms with Crippen molar-refractivity contribution in [3.8, 4) is 6.07 Å². The van der Waals surface area contributed by atoms with Gasteiger partial charge in [0.05, 0.1) is 48.2 Å². The van der Waals surface area contributed by atoms with Crippen molar-refractivity contribution in [2.45, 2.75) is 38.9 Å². The maximum atomic E-state index is 13.5. The summed E-state index contributed by atoms with van der Waals surface area (Å²) in [6, 6.07) is 2.28. The number of amides is 3. The maximum absolute atomic E-state index is 13.5. The average Bonchev–Trinajstić information content (AvgIpc) is 3.31. The number of carbonyl (C=O) groups excluding carboxylic acids is 2. The topological polar surface area (TPSA) is 94.3 Å². The minimum absolute atomic E-state index is 0.0832. The van der Waals surface area contributed by atoms with Crippen LogP contribution in [-0.4, -0.2) is 39.2 Å². The molecule has 0 saturated carbocycles. The highest BCUT2D eigenvalue weighted by Crippen LogP contribution is 2.35. The first-order valence-corrected chi connectivity index (χ1v) is 9.69. The van der Waals surface area contributed by atoms with Crippen molar-refractivity contribution < 1.29 is 22.8 Å². The van der Waals surface area contributed by atoms with E-state index in [-0.39, 0.29) is 43.2 Å². The molecule has 2 aliphatic rings. The van der Waals surface area contributed by atoms with Crippen LogP contribution in [0.4, 0.5) is 29.3 Å². The van der Waals surface area contributed by atoms with E-state index < -0.39 is 29.4 Å². The Hall–Kier alpha value is -3.55. The van der Waals surface area contributed by atoms with Crippen molar-refractivity contribution >= 4 is 23.3 Å². The second-order valence-electron chi connectivity index (χ2n) is 7.75. The number of hydrogen-bond donors (Lipinski definition) is 1. The van der Waals surface area contributed by atoms with Crippen LogP contribution < -0.4 is 10.2 Å². The van der Waals surface area contributed by atoms with Crippen LogP contribution in [0.5, 0.6) is 0 Å². The lowest BCUT2D eigenvalue weighted by molar-refractivity contribution is -0.117. The first-order valence-electron chi connectivity index (χ1n) is 9.69. The molecule has 0 aliphatic carbocycles. The molecule has 8 nitrogen and oxygen atoms in total. The summed E-state index contributed by atoms with van der Waals surface area (Å²) >= 11 is 0. The van der Waals surface area contributed by atoms with Gasteiger partial charge in [-0.15, -0.1) is 0 Å². The Morgan fingerprint density at radius 1 is 1.23 bits per heavy atom. The molecule has 2 aliphatic heterocycles. The number of nitrogens with one attached hydrogen (secondary N) is 1. The number of fused-ring (bicyclic) bond motifs is 1. The van der Waals surface area contributed by atoms with Crippen LogP contribution in [-0.2, 0) is 11.3 Å². The van der Waals surface area contributed by atoms with Crippen LogP contribution in [0.25, 0.3) is 0 Å². The molecule has 1 unspecified atom stereocenters. The van der Waals surface area contributed by atoms with Crippen molar-refractivity contribution in [2.75, 3.05) is 16.8 Å². The van der Waals surface area contributed by atoms with E-state index in [4.69, 9.17) is 5.26 Å². The van der Waals surface area contributed by atoms with E-state index in [1.54, 1.807) is 17.8 Å². The molecule has 1 N–H and O–H groups in total. The van der Waals surface area contributed by atoms with E-state index in [2.05, 4.69) is 16.5 Å². The van der Waals surface area contributed by atoms with Crippen LogP contribution in [0.3, 0.4) is 0 Å². The fourth-order valence-corrected chi connectivity index (χ4v) is 3.99. The zero-order valence-electron chi connectivity index (χ0n) is 16.8. The van der Waals surface area contributed by atoms with Crippen LogP contribution in [0.15, 0.2) is 18.3 Å². The van der Waals surface area contributed by atoms with Crippen LogP contribution in [0, 0.1) is 34.7 Å². The van der Waals surface area contributed by atoms with Crippen molar-refractivity contribution in [1.29, 1.82) is 5.26 Å². The highest BCUT2D eigenvalue weighted by atomic mass is 19.2. The summed E-state index contributed by atoms with van der Waals surface area (Å²) in [5, 5.41) is 15.9. The number of anilines is 2. The van der Waals surface area contributed by atoms with Gasteiger partial charge in [0.25, 0.3) is 0 Å². The van der Waals surface area contributed by atoms with Crippen molar-refractivity contribution in [2.24, 2.45) is 5.92 Å². The summed E-state index contributed by atoms with van der Waals surface area (Å²) in [4.78, 5) is 28.2. The third-order valence-electron chi connectivity index (χ3n) is 5.87. The third-order valence-corrected chi connectivity index (χ3v) is 5.87. The van der Waals surface area contributed by atoms with Gasteiger partial charge in [-0.1, -0.05) is 0 Å². The molecule has 1 fully saturated rings. The predicted molar refractivity (Wildman–Crippen MR) is 103 cm³/mol. The first kappa shape index (κ1) is 20.7. The minimum atomic E-state index is -1.61. The number of rotatable bonds is 2. The molecular formula is C20H19F3N6O2. The van der Waals surface area contributed by atoms with E-state index in [1.165, 1.54) is 9.80 Å². The lowest BCUT2D eigenvalue weighted by Gasteiger charge is -2.39. The number of hydrogen-bond acceptors (Lipinski definition) is 4. The molecule has 2 aromatic rings. The van der Waals surface area contributed by atoms with Gasteiger partial charge in [0.2, 0.25) is 5.91 Å². The summed E-state index contributed by atoms with van der Waals surface area (Å²) in [7, 11) is 0. The van der Waals surface area contributed by atoms with Crippen molar-refractivity contribution in [3.63, 3.8) is 0 Å². The van der Waals surface area contributed by atoms with Gasteiger partial charge >= 0.3 is 6.03 Å². The zero-order valence-corrected chi connectivity index (χ0v) is 16.8. The molecule has 0 bridgehead atoms. The fourth-order valence-electron chi connectivity index (χ4n) is 3.99. The third kappa shape index (κ3) is 3.48. The van der Waals surface area contributed by atoms with Gasteiger partial charge in [-0.25, -0.2) is 18.0 Å². The number of nitriles is 1. The van der Waals surface area contributed by atoms with E-state index in [0.717, 1.165) is 0 Å². The van der Waals surface area contributed by atoms with Gasteiger partial charge in [-0.2, -0.15) is 10.4 Å². The highest BCUT2D eigenvalue weighted by molar-refractivity contribution is 5.96. The Labute approximate surface area is 175 Å². The second-order valence-corrected chi connectivity index (χ2v) is 7.75. The first-order chi connectivity index (χ1) is 14.7. The zero-order chi connectivity index (χ0) is 22.4. The number of urea groups is 1. The molecule has 4 rings (SSSR count). The number of aromatic nitrogens is 2.